The van der Waals surface area contributed by atoms with E-state index >= 15 is 0 Å². The molecule has 0 unspecified atom stereocenters. The minimum absolute atomic E-state index is 0.0268. The van der Waals surface area contributed by atoms with E-state index in [4.69, 9.17) is 4.74 Å². The highest BCUT2D eigenvalue weighted by atomic mass is 32.2. The number of hydrogen-bond donors (Lipinski definition) is 2. The molecule has 6 nitrogen and oxygen atoms in total. The van der Waals surface area contributed by atoms with Gasteiger partial charge < -0.3 is 9.84 Å². The van der Waals surface area contributed by atoms with Crippen LogP contribution in [0.4, 0.5) is 5.69 Å². The summed E-state index contributed by atoms with van der Waals surface area (Å²) in [4.78, 5) is 11.7. The third kappa shape index (κ3) is 4.57. The van der Waals surface area contributed by atoms with Crippen LogP contribution in [0.15, 0.2) is 71.6 Å². The molecule has 0 atom stereocenters. The predicted molar refractivity (Wildman–Crippen MR) is 111 cm³/mol. The maximum Gasteiger partial charge on any atom is 0.338 e. The highest BCUT2D eigenvalue weighted by molar-refractivity contribution is 7.92. The molecule has 0 aliphatic rings. The SMILES string of the molecule is COc1ccc(S(=O)(=O)Nc2cccc(C)c2C(=O)O)c(Cc2ccccc2)c1. The third-order valence-corrected chi connectivity index (χ3v) is 5.99. The molecule has 150 valence electrons. The first-order valence-corrected chi connectivity index (χ1v) is 10.4. The van der Waals surface area contributed by atoms with Gasteiger partial charge in [0.25, 0.3) is 10.0 Å². The van der Waals surface area contributed by atoms with Crippen LogP contribution in [0.25, 0.3) is 0 Å². The molecule has 0 fully saturated rings. The molecular weight excluding hydrogens is 390 g/mol. The fraction of sp³-hybridized carbons (Fsp3) is 0.136. The van der Waals surface area contributed by atoms with Crippen molar-refractivity contribution in [3.8, 4) is 5.75 Å². The number of nitrogens with one attached hydrogen (secondary N) is 1. The number of aryl methyl sites for hydroxylation is 1. The zero-order valence-corrected chi connectivity index (χ0v) is 16.9. The molecule has 0 saturated carbocycles. The van der Waals surface area contributed by atoms with E-state index in [2.05, 4.69) is 4.72 Å². The molecule has 2 N–H and O–H groups in total. The number of benzene rings is 3. The molecule has 29 heavy (non-hydrogen) atoms. The standard InChI is InChI=1S/C22H21NO5S/c1-15-7-6-10-19(21(15)22(24)25)23-29(26,27)20-12-11-18(28-2)14-17(20)13-16-8-4-3-5-9-16/h3-12,14,23H,13H2,1-2H3,(H,24,25). The summed E-state index contributed by atoms with van der Waals surface area (Å²) in [5, 5.41) is 9.48. The molecular formula is C22H21NO5S. The lowest BCUT2D eigenvalue weighted by molar-refractivity contribution is 0.0697. The van der Waals surface area contributed by atoms with Gasteiger partial charge in [-0.3, -0.25) is 4.72 Å². The molecule has 3 aromatic carbocycles. The lowest BCUT2D eigenvalue weighted by atomic mass is 10.0. The Morgan fingerprint density at radius 1 is 1.03 bits per heavy atom. The normalized spacial score (nSPS) is 11.1. The van der Waals surface area contributed by atoms with E-state index in [9.17, 15) is 18.3 Å². The monoisotopic (exact) mass is 411 g/mol. The van der Waals surface area contributed by atoms with Gasteiger partial charge in [0.1, 0.15) is 5.75 Å². The van der Waals surface area contributed by atoms with Gasteiger partial charge >= 0.3 is 5.97 Å². The molecule has 3 rings (SSSR count). The van der Waals surface area contributed by atoms with Crippen molar-refractivity contribution in [3.63, 3.8) is 0 Å². The Balaban J connectivity index is 2.05. The fourth-order valence-corrected chi connectivity index (χ4v) is 4.43. The quantitative estimate of drug-likeness (QED) is 0.611. The number of ether oxygens (including phenoxy) is 1. The molecule has 0 aromatic heterocycles. The van der Waals surface area contributed by atoms with Crippen LogP contribution in [-0.4, -0.2) is 26.6 Å². The maximum atomic E-state index is 13.2. The van der Waals surface area contributed by atoms with Gasteiger partial charge in [0, 0.05) is 0 Å². The first-order valence-electron chi connectivity index (χ1n) is 8.88. The molecule has 0 saturated heterocycles. The molecule has 0 radical (unpaired) electrons. The van der Waals surface area contributed by atoms with Gasteiger partial charge in [0.15, 0.2) is 0 Å². The third-order valence-electron chi connectivity index (χ3n) is 4.53. The fourth-order valence-electron chi connectivity index (χ4n) is 3.14. The minimum atomic E-state index is -4.03. The van der Waals surface area contributed by atoms with Crippen molar-refractivity contribution in [1.29, 1.82) is 0 Å². The second-order valence-electron chi connectivity index (χ2n) is 6.54. The largest absolute Gasteiger partial charge is 0.497 e. The van der Waals surface area contributed by atoms with Crippen LogP contribution in [0.1, 0.15) is 27.0 Å². The van der Waals surface area contributed by atoms with Crippen LogP contribution < -0.4 is 9.46 Å². The summed E-state index contributed by atoms with van der Waals surface area (Å²) in [6, 6.07) is 18.9. The Bertz CT molecular complexity index is 1140. The summed E-state index contributed by atoms with van der Waals surface area (Å²) in [5.41, 5.74) is 1.91. The molecule has 0 aliphatic carbocycles. The Hall–Kier alpha value is -3.32. The highest BCUT2D eigenvalue weighted by Gasteiger charge is 2.23. The van der Waals surface area contributed by atoms with E-state index in [1.807, 2.05) is 30.3 Å². The molecule has 0 heterocycles. The van der Waals surface area contributed by atoms with Gasteiger partial charge in [-0.2, -0.15) is 0 Å². The predicted octanol–water partition coefficient (Wildman–Crippen LogP) is 4.09. The van der Waals surface area contributed by atoms with Gasteiger partial charge in [0.05, 0.1) is 23.3 Å². The molecule has 3 aromatic rings. The van der Waals surface area contributed by atoms with Crippen LogP contribution in [0.5, 0.6) is 5.75 Å². The average Bonchev–Trinajstić information content (AvgIpc) is 2.68. The van der Waals surface area contributed by atoms with E-state index in [-0.39, 0.29) is 16.1 Å². The number of carboxylic acids is 1. The maximum absolute atomic E-state index is 13.2. The van der Waals surface area contributed by atoms with Gasteiger partial charge in [-0.05, 0) is 54.3 Å². The van der Waals surface area contributed by atoms with Crippen LogP contribution in [-0.2, 0) is 16.4 Å². The number of hydrogen-bond acceptors (Lipinski definition) is 4. The zero-order valence-electron chi connectivity index (χ0n) is 16.0. The number of sulfonamides is 1. The van der Waals surface area contributed by atoms with Crippen LogP contribution in [0, 0.1) is 6.92 Å². The summed E-state index contributed by atoms with van der Waals surface area (Å²) in [6.45, 7) is 1.62. The van der Waals surface area contributed by atoms with Crippen molar-refractivity contribution in [1.82, 2.24) is 0 Å². The highest BCUT2D eigenvalue weighted by Crippen LogP contribution is 2.28. The van der Waals surface area contributed by atoms with Crippen LogP contribution >= 0.6 is 0 Å². The first-order chi connectivity index (χ1) is 13.8. The van der Waals surface area contributed by atoms with Gasteiger partial charge in [-0.15, -0.1) is 0 Å². The summed E-state index contributed by atoms with van der Waals surface area (Å²) in [7, 11) is -2.52. The van der Waals surface area contributed by atoms with E-state index in [0.717, 1.165) is 5.56 Å². The van der Waals surface area contributed by atoms with Crippen molar-refractivity contribution in [3.05, 3.63) is 89.0 Å². The molecule has 0 spiro atoms. The second kappa shape index (κ2) is 8.36. The molecule has 0 bridgehead atoms. The number of carboxylic acid groups (broad SMARTS) is 1. The summed E-state index contributed by atoms with van der Waals surface area (Å²) < 4.78 is 34.0. The van der Waals surface area contributed by atoms with Gasteiger partial charge in [-0.25, -0.2) is 13.2 Å². The van der Waals surface area contributed by atoms with Crippen molar-refractivity contribution >= 4 is 21.7 Å². The van der Waals surface area contributed by atoms with Crippen molar-refractivity contribution < 1.29 is 23.1 Å². The Morgan fingerprint density at radius 3 is 2.41 bits per heavy atom. The second-order valence-corrected chi connectivity index (χ2v) is 8.19. The summed E-state index contributed by atoms with van der Waals surface area (Å²) in [5.74, 6) is -0.656. The van der Waals surface area contributed by atoms with Gasteiger partial charge in [-0.1, -0.05) is 42.5 Å². The molecule has 0 aliphatic heterocycles. The number of rotatable bonds is 7. The van der Waals surface area contributed by atoms with Crippen molar-refractivity contribution in [2.45, 2.75) is 18.2 Å². The number of anilines is 1. The summed E-state index contributed by atoms with van der Waals surface area (Å²) in [6.07, 6.45) is 0.383. The summed E-state index contributed by atoms with van der Waals surface area (Å²) >= 11 is 0. The Kier molecular flexibility index (Phi) is 5.89. The lowest BCUT2D eigenvalue weighted by Gasteiger charge is -2.16. The first kappa shape index (κ1) is 20.4. The van der Waals surface area contributed by atoms with Crippen molar-refractivity contribution in [2.24, 2.45) is 0 Å². The van der Waals surface area contributed by atoms with Crippen molar-refractivity contribution in [2.75, 3.05) is 11.8 Å². The Morgan fingerprint density at radius 2 is 1.76 bits per heavy atom. The zero-order chi connectivity index (χ0) is 21.0. The van der Waals surface area contributed by atoms with Gasteiger partial charge in [0.2, 0.25) is 0 Å². The minimum Gasteiger partial charge on any atom is -0.497 e. The number of aromatic carboxylic acids is 1. The number of carbonyl (C=O) groups is 1. The lowest BCUT2D eigenvalue weighted by Crippen LogP contribution is -2.18. The van der Waals surface area contributed by atoms with Crippen LogP contribution in [0.2, 0.25) is 0 Å². The molecule has 0 amide bonds. The number of methoxy groups -OCH3 is 1. The van der Waals surface area contributed by atoms with E-state index in [1.165, 1.54) is 19.2 Å². The van der Waals surface area contributed by atoms with E-state index < -0.39 is 16.0 Å². The smallest absolute Gasteiger partial charge is 0.338 e. The van der Waals surface area contributed by atoms with E-state index in [1.54, 1.807) is 31.2 Å². The average molecular weight is 411 g/mol. The topological polar surface area (TPSA) is 92.7 Å². The Labute approximate surface area is 169 Å². The van der Waals surface area contributed by atoms with E-state index in [0.29, 0.717) is 23.3 Å². The van der Waals surface area contributed by atoms with Crippen LogP contribution in [0.3, 0.4) is 0 Å². The molecule has 7 heteroatoms.